The van der Waals surface area contributed by atoms with Gasteiger partial charge in [0.2, 0.25) is 0 Å². The van der Waals surface area contributed by atoms with Gasteiger partial charge in [0.15, 0.2) is 0 Å². The van der Waals surface area contributed by atoms with Crippen LogP contribution < -0.4 is 8.92 Å². The summed E-state index contributed by atoms with van der Waals surface area (Å²) < 4.78 is 2.62. The summed E-state index contributed by atoms with van der Waals surface area (Å²) in [6, 6.07) is 18.5. The molecule has 0 bridgehead atoms. The summed E-state index contributed by atoms with van der Waals surface area (Å²) in [5.41, 5.74) is 1.11. The molecule has 0 unspecified atom stereocenters. The van der Waals surface area contributed by atoms with Gasteiger partial charge in [-0.3, -0.25) is 0 Å². The summed E-state index contributed by atoms with van der Waals surface area (Å²) in [7, 11) is 0. The fourth-order valence-corrected chi connectivity index (χ4v) is 3.89. The average Bonchev–Trinajstić information content (AvgIpc) is 2.42. The Hall–Kier alpha value is -1.34. The van der Waals surface area contributed by atoms with Crippen molar-refractivity contribution in [1.29, 1.82) is 0 Å². The monoisotopic (exact) mass is 319 g/mol. The summed E-state index contributed by atoms with van der Waals surface area (Å²) in [5.74, 6) is 0. The Labute approximate surface area is 117 Å². The first kappa shape index (κ1) is 11.7. The predicted octanol–water partition coefficient (Wildman–Crippen LogP) is 2.54. The van der Waals surface area contributed by atoms with Crippen molar-refractivity contribution in [3.8, 4) is 0 Å². The van der Waals surface area contributed by atoms with Gasteiger partial charge in [-0.25, -0.2) is 0 Å². The van der Waals surface area contributed by atoms with Crippen LogP contribution in [0.15, 0.2) is 60.8 Å². The Balaban J connectivity index is 2.02. The minimum absolute atomic E-state index is 0.262. The zero-order valence-corrected chi connectivity index (χ0v) is 12.0. The van der Waals surface area contributed by atoms with Crippen LogP contribution in [-0.4, -0.2) is 19.9 Å². The molecule has 0 saturated carbocycles. The van der Waals surface area contributed by atoms with Crippen LogP contribution in [-0.2, 0) is 0 Å². The second kappa shape index (κ2) is 5.11. The molecule has 0 saturated heterocycles. The van der Waals surface area contributed by atoms with Crippen molar-refractivity contribution >= 4 is 46.4 Å². The molecule has 0 fully saturated rings. The van der Waals surface area contributed by atoms with E-state index in [1.165, 1.54) is 14.3 Å². The molecule has 0 atom stereocenters. The molecule has 1 nitrogen and oxygen atoms in total. The van der Waals surface area contributed by atoms with Crippen molar-refractivity contribution in [2.24, 2.45) is 0 Å². The maximum atomic E-state index is 5.90. The number of para-hydroxylation sites is 1. The number of nitrogens with zero attached hydrogens (tertiary/aromatic N) is 1. The van der Waals surface area contributed by atoms with Crippen LogP contribution in [0.3, 0.4) is 0 Å². The van der Waals surface area contributed by atoms with Gasteiger partial charge in [0.25, 0.3) is 0 Å². The van der Waals surface area contributed by atoms with Crippen molar-refractivity contribution < 1.29 is 0 Å². The number of pyridine rings is 1. The van der Waals surface area contributed by atoms with E-state index in [1.807, 2.05) is 24.4 Å². The molecule has 0 N–H and O–H groups in total. The third-order valence-corrected chi connectivity index (χ3v) is 5.11. The van der Waals surface area contributed by atoms with Crippen molar-refractivity contribution in [1.82, 2.24) is 4.98 Å². The van der Waals surface area contributed by atoms with E-state index in [-0.39, 0.29) is 15.0 Å². The van der Waals surface area contributed by atoms with Gasteiger partial charge in [-0.2, -0.15) is 0 Å². The van der Waals surface area contributed by atoms with Crippen molar-refractivity contribution in [2.45, 2.75) is 0 Å². The van der Waals surface area contributed by atoms with E-state index < -0.39 is 0 Å². The molecule has 3 rings (SSSR count). The topological polar surface area (TPSA) is 12.9 Å². The van der Waals surface area contributed by atoms with E-state index in [1.54, 1.807) is 0 Å². The second-order valence-electron chi connectivity index (χ2n) is 3.89. The Bertz CT molecular complexity index is 674. The van der Waals surface area contributed by atoms with Gasteiger partial charge in [0, 0.05) is 0 Å². The molecule has 0 spiro atoms. The van der Waals surface area contributed by atoms with E-state index in [4.69, 9.17) is 11.6 Å². The standard InChI is InChI=1S/C15H10ClNSe/c16-12-6-8-13(9-7-12)18-14-5-1-3-11-4-2-10-17-15(11)14/h1-10H. The van der Waals surface area contributed by atoms with Crippen LogP contribution in [0.5, 0.6) is 0 Å². The molecule has 1 aromatic heterocycles. The van der Waals surface area contributed by atoms with Crippen molar-refractivity contribution in [3.05, 3.63) is 65.8 Å². The van der Waals surface area contributed by atoms with Gasteiger partial charge in [-0.15, -0.1) is 0 Å². The molecule has 18 heavy (non-hydrogen) atoms. The van der Waals surface area contributed by atoms with E-state index >= 15 is 0 Å². The minimum atomic E-state index is 0.262. The second-order valence-corrected chi connectivity index (χ2v) is 6.66. The van der Waals surface area contributed by atoms with E-state index in [0.717, 1.165) is 10.5 Å². The number of fused-ring (bicyclic) bond motifs is 1. The zero-order valence-electron chi connectivity index (χ0n) is 9.51. The molecule has 0 aliphatic heterocycles. The van der Waals surface area contributed by atoms with E-state index in [2.05, 4.69) is 41.4 Å². The van der Waals surface area contributed by atoms with Crippen LogP contribution in [0.25, 0.3) is 10.9 Å². The molecular formula is C15H10ClNSe. The summed E-state index contributed by atoms with van der Waals surface area (Å²) in [4.78, 5) is 4.48. The molecule has 0 radical (unpaired) electrons. The van der Waals surface area contributed by atoms with Gasteiger partial charge in [0.1, 0.15) is 0 Å². The molecule has 0 amide bonds. The van der Waals surface area contributed by atoms with Crippen LogP contribution in [0.1, 0.15) is 0 Å². The van der Waals surface area contributed by atoms with E-state index in [9.17, 15) is 0 Å². The van der Waals surface area contributed by atoms with Crippen LogP contribution in [0.2, 0.25) is 5.02 Å². The summed E-state index contributed by atoms with van der Waals surface area (Å²) in [5, 5.41) is 1.98. The fraction of sp³-hybridized carbons (Fsp3) is 0. The van der Waals surface area contributed by atoms with Gasteiger partial charge in [-0.05, 0) is 0 Å². The summed E-state index contributed by atoms with van der Waals surface area (Å²) >= 11 is 6.17. The van der Waals surface area contributed by atoms with Gasteiger partial charge < -0.3 is 0 Å². The summed E-state index contributed by atoms with van der Waals surface area (Å²) in [6.07, 6.45) is 1.85. The fourth-order valence-electron chi connectivity index (χ4n) is 1.79. The van der Waals surface area contributed by atoms with Crippen LogP contribution >= 0.6 is 11.6 Å². The van der Waals surface area contributed by atoms with Gasteiger partial charge >= 0.3 is 117 Å². The molecular weight excluding hydrogens is 309 g/mol. The van der Waals surface area contributed by atoms with Crippen LogP contribution in [0.4, 0.5) is 0 Å². The summed E-state index contributed by atoms with van der Waals surface area (Å²) in [6.45, 7) is 0. The number of aromatic nitrogens is 1. The first-order valence-electron chi connectivity index (χ1n) is 5.60. The SMILES string of the molecule is Clc1ccc([Se]c2cccc3cccnc23)cc1. The van der Waals surface area contributed by atoms with Crippen molar-refractivity contribution in [3.63, 3.8) is 0 Å². The Morgan fingerprint density at radius 2 is 1.67 bits per heavy atom. The first-order valence-corrected chi connectivity index (χ1v) is 7.69. The number of rotatable bonds is 2. The Morgan fingerprint density at radius 1 is 0.889 bits per heavy atom. The van der Waals surface area contributed by atoms with Crippen molar-refractivity contribution in [2.75, 3.05) is 0 Å². The molecule has 3 heteroatoms. The number of benzene rings is 2. The predicted molar refractivity (Wildman–Crippen MR) is 78.2 cm³/mol. The quantitative estimate of drug-likeness (QED) is 0.662. The number of hydrogen-bond acceptors (Lipinski definition) is 1. The Kier molecular flexibility index (Phi) is 3.33. The van der Waals surface area contributed by atoms with Gasteiger partial charge in [0.05, 0.1) is 0 Å². The Morgan fingerprint density at radius 3 is 2.50 bits per heavy atom. The first-order chi connectivity index (χ1) is 8.83. The third kappa shape index (κ3) is 2.41. The molecule has 2 aromatic carbocycles. The molecule has 88 valence electrons. The van der Waals surface area contributed by atoms with Gasteiger partial charge in [-0.1, -0.05) is 0 Å². The third-order valence-electron chi connectivity index (χ3n) is 2.64. The molecule has 0 aliphatic rings. The number of hydrogen-bond donors (Lipinski definition) is 0. The number of halogens is 1. The maximum absolute atomic E-state index is 5.90. The molecule has 3 aromatic rings. The molecule has 0 aliphatic carbocycles. The van der Waals surface area contributed by atoms with Crippen LogP contribution in [0, 0.1) is 0 Å². The normalized spacial score (nSPS) is 10.7. The average molecular weight is 319 g/mol. The zero-order chi connectivity index (χ0) is 12.4. The molecule has 1 heterocycles. The van der Waals surface area contributed by atoms with E-state index in [0.29, 0.717) is 0 Å².